The Morgan fingerprint density at radius 1 is 1.13 bits per heavy atom. The molecule has 0 radical (unpaired) electrons. The van der Waals surface area contributed by atoms with Crippen LogP contribution in [0.1, 0.15) is 57.2 Å². The van der Waals surface area contributed by atoms with E-state index in [0.29, 0.717) is 44.1 Å². The fourth-order valence-electron chi connectivity index (χ4n) is 5.72. The van der Waals surface area contributed by atoms with Gasteiger partial charge in [0.2, 0.25) is 12.3 Å². The molecule has 0 unspecified atom stereocenters. The Balaban J connectivity index is 1.64. The van der Waals surface area contributed by atoms with Crippen molar-refractivity contribution in [1.29, 1.82) is 5.26 Å². The van der Waals surface area contributed by atoms with Crippen molar-refractivity contribution in [2.24, 2.45) is 0 Å². The molecule has 1 fully saturated rings. The van der Waals surface area contributed by atoms with Gasteiger partial charge in [0.25, 0.3) is 0 Å². The van der Waals surface area contributed by atoms with Crippen LogP contribution in [-0.2, 0) is 21.2 Å². The number of halogens is 3. The van der Waals surface area contributed by atoms with Crippen LogP contribution in [-0.4, -0.2) is 60.8 Å². The van der Waals surface area contributed by atoms with Gasteiger partial charge in [-0.25, -0.2) is 9.78 Å². The van der Waals surface area contributed by atoms with Gasteiger partial charge in [-0.2, -0.15) is 18.4 Å². The van der Waals surface area contributed by atoms with E-state index in [9.17, 15) is 28.0 Å². The first-order chi connectivity index (χ1) is 21.8. The van der Waals surface area contributed by atoms with Gasteiger partial charge in [-0.3, -0.25) is 4.79 Å². The second-order valence-corrected chi connectivity index (χ2v) is 12.0. The smallest absolute Gasteiger partial charge is 0.416 e. The Bertz CT molecular complexity index is 1560. The summed E-state index contributed by atoms with van der Waals surface area (Å²) < 4.78 is 51.0. The van der Waals surface area contributed by atoms with Gasteiger partial charge in [0.1, 0.15) is 11.7 Å². The predicted octanol–water partition coefficient (Wildman–Crippen LogP) is 6.52. The van der Waals surface area contributed by atoms with Crippen LogP contribution in [0.3, 0.4) is 0 Å². The number of alkyl carbamates (subject to hydrolysis) is 1. The van der Waals surface area contributed by atoms with Crippen LogP contribution in [0.15, 0.2) is 60.8 Å². The number of carbonyl (C=O) groups is 2. The molecular weight excluding hydrogens is 599 g/mol. The summed E-state index contributed by atoms with van der Waals surface area (Å²) in [4.78, 5) is 32.8. The third kappa shape index (κ3) is 7.88. The molecule has 0 spiro atoms. The molecule has 0 bridgehead atoms. The summed E-state index contributed by atoms with van der Waals surface area (Å²) in [5.74, 6) is 0.508. The number of carbonyl (C=O) groups excluding carboxylic acids is 2. The Hall–Kier alpha value is -4.79. The van der Waals surface area contributed by atoms with Crippen molar-refractivity contribution in [2.45, 2.75) is 57.9 Å². The SMILES string of the molecule is CCOc1ncccc1-c1ccc(C2(N(C=O)CCNC(=O)OC(C)(C)C)CCN(c3ccc(C(F)(F)F)cc3C#N)CC2)cc1. The Morgan fingerprint density at radius 2 is 1.83 bits per heavy atom. The molecule has 0 saturated carbocycles. The molecule has 0 atom stereocenters. The summed E-state index contributed by atoms with van der Waals surface area (Å²) in [5.41, 5.74) is 0.524. The van der Waals surface area contributed by atoms with E-state index in [0.717, 1.165) is 35.2 Å². The van der Waals surface area contributed by atoms with Gasteiger partial charge >= 0.3 is 12.3 Å². The third-order valence-electron chi connectivity index (χ3n) is 7.86. The molecule has 0 aliphatic carbocycles. The lowest BCUT2D eigenvalue weighted by molar-refractivity contribution is -0.137. The number of amides is 2. The van der Waals surface area contributed by atoms with Gasteiger partial charge in [0.15, 0.2) is 0 Å². The maximum atomic E-state index is 13.3. The topological polar surface area (TPSA) is 108 Å². The molecule has 244 valence electrons. The highest BCUT2D eigenvalue weighted by Gasteiger charge is 2.42. The first kappa shape index (κ1) is 34.1. The minimum absolute atomic E-state index is 0.0675. The average molecular weight is 638 g/mol. The molecule has 1 aromatic heterocycles. The zero-order valence-electron chi connectivity index (χ0n) is 26.4. The zero-order chi connectivity index (χ0) is 33.5. The molecule has 2 aromatic carbocycles. The first-order valence-electron chi connectivity index (χ1n) is 15.0. The maximum Gasteiger partial charge on any atom is 0.416 e. The standard InChI is InChI=1S/C34H38F3N5O4/c1-5-45-30-28(7-6-16-39-30)24-8-10-26(11-9-24)33(42(23-43)20-17-40-31(44)46-32(2,3)4)14-18-41(19-15-33)29-13-12-27(34(35,36)37)21-25(29)22-38/h6-13,16,21,23H,5,14-15,17-20H2,1-4H3,(H,40,44). The molecule has 1 aliphatic heterocycles. The van der Waals surface area contributed by atoms with Crippen molar-refractivity contribution in [3.63, 3.8) is 0 Å². The lowest BCUT2D eigenvalue weighted by Crippen LogP contribution is -2.54. The number of pyridine rings is 1. The predicted molar refractivity (Wildman–Crippen MR) is 167 cm³/mol. The highest BCUT2D eigenvalue weighted by Crippen LogP contribution is 2.42. The number of anilines is 1. The molecule has 9 nitrogen and oxygen atoms in total. The molecule has 46 heavy (non-hydrogen) atoms. The van der Waals surface area contributed by atoms with Crippen LogP contribution < -0.4 is 15.0 Å². The van der Waals surface area contributed by atoms with Crippen molar-refractivity contribution >= 4 is 18.2 Å². The highest BCUT2D eigenvalue weighted by molar-refractivity contribution is 5.69. The monoisotopic (exact) mass is 637 g/mol. The quantitative estimate of drug-likeness (QED) is 0.252. The van der Waals surface area contributed by atoms with Crippen LogP contribution in [0, 0.1) is 11.3 Å². The highest BCUT2D eigenvalue weighted by atomic mass is 19.4. The molecule has 12 heteroatoms. The van der Waals surface area contributed by atoms with E-state index in [1.807, 2.05) is 54.3 Å². The number of nitrogens with zero attached hydrogens (tertiary/aromatic N) is 4. The number of hydrogen-bond donors (Lipinski definition) is 1. The van der Waals surface area contributed by atoms with E-state index < -0.39 is 29.0 Å². The van der Waals surface area contributed by atoms with E-state index in [4.69, 9.17) is 9.47 Å². The number of alkyl halides is 3. The number of aromatic nitrogens is 1. The number of piperidine rings is 1. The number of hydrogen-bond acceptors (Lipinski definition) is 7. The lowest BCUT2D eigenvalue weighted by Gasteiger charge is -2.48. The number of nitriles is 1. The Labute approximate surface area is 266 Å². The molecule has 4 rings (SSSR count). The Kier molecular flexibility index (Phi) is 10.5. The number of ether oxygens (including phenoxy) is 2. The fourth-order valence-corrected chi connectivity index (χ4v) is 5.72. The summed E-state index contributed by atoms with van der Waals surface area (Å²) in [6.07, 6.45) is -1.91. The molecule has 3 aromatic rings. The number of rotatable bonds is 10. The lowest BCUT2D eigenvalue weighted by atomic mass is 9.78. The van der Waals surface area contributed by atoms with Gasteiger partial charge in [0.05, 0.1) is 29.0 Å². The van der Waals surface area contributed by atoms with Gasteiger partial charge in [-0.05, 0) is 82.0 Å². The average Bonchev–Trinajstić information content (AvgIpc) is 3.02. The van der Waals surface area contributed by atoms with Crippen molar-refractivity contribution in [3.8, 4) is 23.1 Å². The molecule has 1 N–H and O–H groups in total. The van der Waals surface area contributed by atoms with Crippen molar-refractivity contribution in [2.75, 3.05) is 37.7 Å². The molecule has 2 heterocycles. The summed E-state index contributed by atoms with van der Waals surface area (Å²) in [6.45, 7) is 8.67. The van der Waals surface area contributed by atoms with E-state index in [1.54, 1.807) is 31.9 Å². The zero-order valence-corrected chi connectivity index (χ0v) is 26.4. The molecule has 2 amide bonds. The van der Waals surface area contributed by atoms with Gasteiger partial charge in [-0.1, -0.05) is 24.3 Å². The first-order valence-corrected chi connectivity index (χ1v) is 15.0. The van der Waals surface area contributed by atoms with Crippen molar-refractivity contribution < 1.29 is 32.2 Å². The van der Waals surface area contributed by atoms with Gasteiger partial charge in [-0.15, -0.1) is 0 Å². The number of benzene rings is 2. The third-order valence-corrected chi connectivity index (χ3v) is 7.86. The normalized spacial score (nSPS) is 14.6. The van der Waals surface area contributed by atoms with Crippen LogP contribution in [0.2, 0.25) is 0 Å². The van der Waals surface area contributed by atoms with Crippen LogP contribution >= 0.6 is 0 Å². The minimum Gasteiger partial charge on any atom is -0.478 e. The summed E-state index contributed by atoms with van der Waals surface area (Å²) >= 11 is 0. The number of nitrogens with one attached hydrogen (secondary N) is 1. The van der Waals surface area contributed by atoms with E-state index in [-0.39, 0.29) is 18.7 Å². The second kappa shape index (κ2) is 14.1. The largest absolute Gasteiger partial charge is 0.478 e. The van der Waals surface area contributed by atoms with Gasteiger partial charge in [0, 0.05) is 37.9 Å². The van der Waals surface area contributed by atoms with Gasteiger partial charge < -0.3 is 24.6 Å². The van der Waals surface area contributed by atoms with Crippen LogP contribution in [0.25, 0.3) is 11.1 Å². The molecular formula is C34H38F3N5O4. The van der Waals surface area contributed by atoms with Crippen molar-refractivity contribution in [3.05, 3.63) is 77.5 Å². The minimum atomic E-state index is -4.57. The van der Waals surface area contributed by atoms with Crippen LogP contribution in [0.5, 0.6) is 5.88 Å². The van der Waals surface area contributed by atoms with E-state index >= 15 is 0 Å². The summed E-state index contributed by atoms with van der Waals surface area (Å²) in [7, 11) is 0. The van der Waals surface area contributed by atoms with E-state index in [1.165, 1.54) is 6.07 Å². The summed E-state index contributed by atoms with van der Waals surface area (Å²) in [5, 5.41) is 12.4. The molecule has 1 aliphatic rings. The maximum absolute atomic E-state index is 13.3. The van der Waals surface area contributed by atoms with Crippen LogP contribution in [0.4, 0.5) is 23.7 Å². The summed E-state index contributed by atoms with van der Waals surface area (Å²) in [6, 6.07) is 16.6. The van der Waals surface area contributed by atoms with E-state index in [2.05, 4.69) is 10.3 Å². The Morgan fingerprint density at radius 3 is 2.41 bits per heavy atom. The van der Waals surface area contributed by atoms with Crippen molar-refractivity contribution in [1.82, 2.24) is 15.2 Å². The fraction of sp³-hybridized carbons (Fsp3) is 0.412. The molecule has 1 saturated heterocycles. The second-order valence-electron chi connectivity index (χ2n) is 12.0.